The number of carbonyl (C=O) groups is 3. The van der Waals surface area contributed by atoms with Crippen LogP contribution < -0.4 is 0 Å². The molecule has 0 atom stereocenters. The van der Waals surface area contributed by atoms with Gasteiger partial charge in [0.05, 0.1) is 0 Å². The molecule has 0 heterocycles. The molecule has 21 heavy (non-hydrogen) atoms. The molecular weight excluding hydrogens is 264 g/mol. The van der Waals surface area contributed by atoms with E-state index in [-0.39, 0.29) is 29.7 Å². The number of rotatable bonds is 3. The summed E-state index contributed by atoms with van der Waals surface area (Å²) in [5, 5.41) is 0. The van der Waals surface area contributed by atoms with Crippen molar-refractivity contribution in [2.75, 3.05) is 0 Å². The maximum Gasteiger partial charge on any atom is 0.151 e. The average Bonchev–Trinajstić information content (AvgIpc) is 2.93. The minimum Gasteiger partial charge on any atom is -0.298 e. The lowest BCUT2D eigenvalue weighted by molar-refractivity contribution is -0.142. The highest BCUT2D eigenvalue weighted by Crippen LogP contribution is 2.34. The Morgan fingerprint density at radius 2 is 1.76 bits per heavy atom. The molecule has 3 rings (SSSR count). The molecule has 0 amide bonds. The smallest absolute Gasteiger partial charge is 0.151 e. The van der Waals surface area contributed by atoms with Gasteiger partial charge in [0.25, 0.3) is 0 Å². The number of aryl methyl sites for hydroxylation is 2. The number of hydrogen-bond acceptors (Lipinski definition) is 3. The Bertz CT molecular complexity index is 597. The minimum absolute atomic E-state index is 0.0446. The van der Waals surface area contributed by atoms with E-state index in [4.69, 9.17) is 0 Å². The zero-order chi connectivity index (χ0) is 15.0. The Morgan fingerprint density at radius 3 is 2.43 bits per heavy atom. The van der Waals surface area contributed by atoms with Crippen LogP contribution >= 0.6 is 0 Å². The van der Waals surface area contributed by atoms with Crippen molar-refractivity contribution in [2.24, 2.45) is 5.92 Å². The van der Waals surface area contributed by atoms with Crippen molar-refractivity contribution in [2.45, 2.75) is 51.4 Å². The highest BCUT2D eigenvalue weighted by Gasteiger charge is 2.39. The monoisotopic (exact) mass is 284 g/mol. The van der Waals surface area contributed by atoms with Crippen molar-refractivity contribution < 1.29 is 14.4 Å². The number of Topliss-reactive ketones (excluding diaryl/α,β-unsaturated/α-hetero) is 3. The van der Waals surface area contributed by atoms with Gasteiger partial charge in [-0.25, -0.2) is 0 Å². The number of benzene rings is 1. The van der Waals surface area contributed by atoms with Crippen LogP contribution in [0.4, 0.5) is 0 Å². The molecule has 2 aliphatic rings. The van der Waals surface area contributed by atoms with Crippen molar-refractivity contribution in [3.8, 4) is 0 Å². The van der Waals surface area contributed by atoms with E-state index in [1.165, 1.54) is 17.5 Å². The Morgan fingerprint density at radius 1 is 1.10 bits per heavy atom. The Kier molecular flexibility index (Phi) is 3.75. The van der Waals surface area contributed by atoms with Crippen molar-refractivity contribution in [3.63, 3.8) is 0 Å². The summed E-state index contributed by atoms with van der Waals surface area (Å²) < 4.78 is 0. The van der Waals surface area contributed by atoms with Crippen LogP contribution in [0.1, 0.15) is 55.2 Å². The van der Waals surface area contributed by atoms with E-state index >= 15 is 0 Å². The van der Waals surface area contributed by atoms with Gasteiger partial charge in [-0.1, -0.05) is 25.1 Å². The molecule has 0 spiro atoms. The molecule has 3 heteroatoms. The van der Waals surface area contributed by atoms with Crippen LogP contribution in [-0.4, -0.2) is 17.3 Å². The van der Waals surface area contributed by atoms with Crippen molar-refractivity contribution >= 4 is 17.3 Å². The third-order valence-electron chi connectivity index (χ3n) is 4.80. The molecule has 0 unspecified atom stereocenters. The Hall–Kier alpha value is -1.77. The van der Waals surface area contributed by atoms with E-state index in [9.17, 15) is 14.4 Å². The van der Waals surface area contributed by atoms with Crippen molar-refractivity contribution in [1.82, 2.24) is 0 Å². The van der Waals surface area contributed by atoms with Gasteiger partial charge in [0.15, 0.2) is 17.3 Å². The van der Waals surface area contributed by atoms with Crippen molar-refractivity contribution in [1.29, 1.82) is 0 Å². The molecule has 110 valence electrons. The fraction of sp³-hybridized carbons (Fsp3) is 0.500. The van der Waals surface area contributed by atoms with Gasteiger partial charge in [-0.2, -0.15) is 0 Å². The zero-order valence-electron chi connectivity index (χ0n) is 12.4. The lowest BCUT2D eigenvalue weighted by Crippen LogP contribution is -2.37. The van der Waals surface area contributed by atoms with Crippen LogP contribution in [0.3, 0.4) is 0 Å². The van der Waals surface area contributed by atoms with Gasteiger partial charge in [0, 0.05) is 19.3 Å². The molecule has 0 radical (unpaired) electrons. The van der Waals surface area contributed by atoms with E-state index in [0.29, 0.717) is 12.8 Å². The van der Waals surface area contributed by atoms with Gasteiger partial charge in [0.2, 0.25) is 0 Å². The fourth-order valence-electron chi connectivity index (χ4n) is 3.62. The lowest BCUT2D eigenvalue weighted by atomic mass is 9.74. The number of fused-ring (bicyclic) bond motifs is 1. The molecule has 0 N–H and O–H groups in total. The van der Waals surface area contributed by atoms with Gasteiger partial charge < -0.3 is 0 Å². The largest absolute Gasteiger partial charge is 0.298 e. The normalized spacial score (nSPS) is 25.0. The summed E-state index contributed by atoms with van der Waals surface area (Å²) in [5.41, 5.74) is 3.84. The fourth-order valence-corrected chi connectivity index (χ4v) is 3.62. The number of ketones is 3. The number of carbonyl (C=O) groups excluding carboxylic acids is 3. The standard InChI is InChI=1S/C18H20O3/c1-2-15(19)18-16(20)9-14(10-17(18)21)13-7-6-11-4-3-5-12(11)8-13/h6-8,14,18H,2-5,9-10H2,1H3. The van der Waals surface area contributed by atoms with Crippen LogP contribution in [0.25, 0.3) is 0 Å². The first kappa shape index (κ1) is 14.2. The summed E-state index contributed by atoms with van der Waals surface area (Å²) in [6, 6.07) is 6.35. The maximum absolute atomic E-state index is 12.2. The quantitative estimate of drug-likeness (QED) is 0.802. The van der Waals surface area contributed by atoms with Gasteiger partial charge in [0.1, 0.15) is 5.92 Å². The molecule has 1 aromatic rings. The molecule has 2 aliphatic carbocycles. The summed E-state index contributed by atoms with van der Waals surface area (Å²) in [6.45, 7) is 1.70. The molecule has 3 nitrogen and oxygen atoms in total. The van der Waals surface area contributed by atoms with Gasteiger partial charge in [-0.3, -0.25) is 14.4 Å². The molecule has 0 aliphatic heterocycles. The van der Waals surface area contributed by atoms with Crippen LogP contribution in [0.5, 0.6) is 0 Å². The summed E-state index contributed by atoms with van der Waals surface area (Å²) >= 11 is 0. The number of hydrogen-bond donors (Lipinski definition) is 0. The van der Waals surface area contributed by atoms with E-state index in [1.807, 2.05) is 0 Å². The Labute approximate surface area is 124 Å². The summed E-state index contributed by atoms with van der Waals surface area (Å²) in [5.74, 6) is -1.64. The molecule has 1 fully saturated rings. The molecule has 1 aromatic carbocycles. The summed E-state index contributed by atoms with van der Waals surface area (Å²) in [4.78, 5) is 36.1. The van der Waals surface area contributed by atoms with E-state index in [2.05, 4.69) is 18.2 Å². The van der Waals surface area contributed by atoms with Gasteiger partial charge in [-0.05, 0) is 41.9 Å². The summed E-state index contributed by atoms with van der Waals surface area (Å²) in [6.07, 6.45) is 4.31. The van der Waals surface area contributed by atoms with Crippen molar-refractivity contribution in [3.05, 3.63) is 34.9 Å². The van der Waals surface area contributed by atoms with Crippen LogP contribution in [0.15, 0.2) is 18.2 Å². The zero-order valence-corrected chi connectivity index (χ0v) is 12.4. The highest BCUT2D eigenvalue weighted by molar-refractivity contribution is 6.20. The highest BCUT2D eigenvalue weighted by atomic mass is 16.2. The molecule has 0 saturated heterocycles. The molecular formula is C18H20O3. The third kappa shape index (κ3) is 2.57. The molecule has 1 saturated carbocycles. The second kappa shape index (κ2) is 5.55. The average molecular weight is 284 g/mol. The second-order valence-electron chi connectivity index (χ2n) is 6.17. The van der Waals surface area contributed by atoms with E-state index in [0.717, 1.165) is 18.4 Å². The van der Waals surface area contributed by atoms with Crippen LogP contribution in [0.2, 0.25) is 0 Å². The summed E-state index contributed by atoms with van der Waals surface area (Å²) in [7, 11) is 0. The minimum atomic E-state index is -0.985. The van der Waals surface area contributed by atoms with Gasteiger partial charge in [-0.15, -0.1) is 0 Å². The third-order valence-corrected chi connectivity index (χ3v) is 4.80. The first-order valence-electron chi connectivity index (χ1n) is 7.80. The first-order chi connectivity index (χ1) is 10.1. The molecule has 0 aromatic heterocycles. The van der Waals surface area contributed by atoms with Crippen LogP contribution in [0, 0.1) is 5.92 Å². The predicted molar refractivity (Wildman–Crippen MR) is 79.2 cm³/mol. The first-order valence-corrected chi connectivity index (χ1v) is 7.80. The van der Waals surface area contributed by atoms with Crippen LogP contribution in [-0.2, 0) is 27.2 Å². The van der Waals surface area contributed by atoms with E-state index < -0.39 is 5.92 Å². The maximum atomic E-state index is 12.2. The topological polar surface area (TPSA) is 51.2 Å². The molecule has 0 bridgehead atoms. The lowest BCUT2D eigenvalue weighted by Gasteiger charge is -2.26. The SMILES string of the molecule is CCC(=O)C1C(=O)CC(c2ccc3c(c2)CCC3)CC1=O. The predicted octanol–water partition coefficient (Wildman–Crippen LogP) is 2.79. The van der Waals surface area contributed by atoms with E-state index in [1.54, 1.807) is 6.92 Å². The second-order valence-corrected chi connectivity index (χ2v) is 6.17. The Balaban J connectivity index is 1.81. The van der Waals surface area contributed by atoms with Gasteiger partial charge >= 0.3 is 0 Å².